The van der Waals surface area contributed by atoms with Gasteiger partial charge in [0, 0.05) is 24.0 Å². The van der Waals surface area contributed by atoms with Gasteiger partial charge in [0.15, 0.2) is 0 Å². The molecular weight excluding hydrogens is 362 g/mol. The van der Waals surface area contributed by atoms with E-state index in [2.05, 4.69) is 25.6 Å². The van der Waals surface area contributed by atoms with Crippen LogP contribution in [0.5, 0.6) is 0 Å². The molecule has 0 radical (unpaired) electrons. The lowest BCUT2D eigenvalue weighted by Crippen LogP contribution is -2.13. The highest BCUT2D eigenvalue weighted by Gasteiger charge is 2.11. The van der Waals surface area contributed by atoms with Crippen molar-refractivity contribution in [2.45, 2.75) is 0 Å². The fourth-order valence-corrected chi connectivity index (χ4v) is 2.78. The minimum atomic E-state index is -0.308. The lowest BCUT2D eigenvalue weighted by Gasteiger charge is -2.09. The average molecular weight is 376 g/mol. The Morgan fingerprint density at radius 2 is 1.59 bits per heavy atom. The smallest absolute Gasteiger partial charge is 0.258 e. The van der Waals surface area contributed by atoms with E-state index in [1.807, 2.05) is 42.5 Å². The maximum atomic E-state index is 12.5. The van der Waals surface area contributed by atoms with Crippen LogP contribution in [0, 0.1) is 0 Å². The number of amides is 1. The number of hydrogen-bond acceptors (Lipinski definition) is 5. The minimum absolute atomic E-state index is 0.308. The van der Waals surface area contributed by atoms with E-state index in [0.717, 1.165) is 10.9 Å². The third-order valence-corrected chi connectivity index (χ3v) is 4.24. The first-order valence-corrected chi connectivity index (χ1v) is 8.57. The van der Waals surface area contributed by atoms with Crippen LogP contribution in [0.15, 0.2) is 73.2 Å². The van der Waals surface area contributed by atoms with E-state index >= 15 is 0 Å². The van der Waals surface area contributed by atoms with Crippen molar-refractivity contribution < 1.29 is 4.79 Å². The van der Waals surface area contributed by atoms with Gasteiger partial charge in [-0.3, -0.25) is 9.78 Å². The van der Waals surface area contributed by atoms with Gasteiger partial charge in [0.25, 0.3) is 5.91 Å². The first-order valence-electron chi connectivity index (χ1n) is 8.19. The third-order valence-electron chi connectivity index (χ3n) is 3.92. The highest BCUT2D eigenvalue weighted by Crippen LogP contribution is 2.23. The monoisotopic (exact) mass is 375 g/mol. The van der Waals surface area contributed by atoms with Crippen LogP contribution in [0.25, 0.3) is 10.9 Å². The van der Waals surface area contributed by atoms with Crippen LogP contribution < -0.4 is 10.6 Å². The molecule has 0 saturated heterocycles. The number of rotatable bonds is 4. The fourth-order valence-electron chi connectivity index (χ4n) is 2.59. The van der Waals surface area contributed by atoms with Crippen molar-refractivity contribution in [3.05, 3.63) is 83.8 Å². The number of fused-ring (bicyclic) bond motifs is 1. The van der Waals surface area contributed by atoms with E-state index in [1.54, 1.807) is 18.3 Å². The molecule has 0 spiro atoms. The van der Waals surface area contributed by atoms with Crippen LogP contribution in [0.3, 0.4) is 0 Å². The Hall–Kier alpha value is -3.51. The molecule has 2 aromatic carbocycles. The van der Waals surface area contributed by atoms with Crippen molar-refractivity contribution in [2.75, 3.05) is 10.6 Å². The fraction of sp³-hybridized carbons (Fsp3) is 0. The van der Waals surface area contributed by atoms with Crippen LogP contribution in [-0.2, 0) is 0 Å². The number of para-hydroxylation sites is 2. The van der Waals surface area contributed by atoms with Crippen molar-refractivity contribution in [3.63, 3.8) is 0 Å². The topological polar surface area (TPSA) is 79.8 Å². The van der Waals surface area contributed by atoms with Crippen LogP contribution >= 0.6 is 11.6 Å². The number of aromatic nitrogens is 3. The summed E-state index contributed by atoms with van der Waals surface area (Å²) in [6.07, 6.45) is 4.61. The van der Waals surface area contributed by atoms with Crippen molar-refractivity contribution in [1.82, 2.24) is 15.0 Å². The zero-order valence-electron chi connectivity index (χ0n) is 14.1. The first kappa shape index (κ1) is 16.9. The largest absolute Gasteiger partial charge is 0.323 e. The van der Waals surface area contributed by atoms with Crippen molar-refractivity contribution in [1.29, 1.82) is 0 Å². The van der Waals surface area contributed by atoms with E-state index < -0.39 is 0 Å². The molecule has 0 aliphatic heterocycles. The van der Waals surface area contributed by atoms with Crippen LogP contribution in [0.1, 0.15) is 10.4 Å². The summed E-state index contributed by atoms with van der Waals surface area (Å²) in [6.45, 7) is 0. The summed E-state index contributed by atoms with van der Waals surface area (Å²) in [6, 6.07) is 16.7. The summed E-state index contributed by atoms with van der Waals surface area (Å²) in [4.78, 5) is 25.2. The van der Waals surface area contributed by atoms with Crippen LogP contribution in [0.2, 0.25) is 5.02 Å². The van der Waals surface area contributed by atoms with Gasteiger partial charge < -0.3 is 10.6 Å². The lowest BCUT2D eigenvalue weighted by molar-refractivity contribution is 0.102. The maximum Gasteiger partial charge on any atom is 0.258 e. The zero-order valence-corrected chi connectivity index (χ0v) is 14.8. The second kappa shape index (κ2) is 7.39. The number of carbonyl (C=O) groups excluding carboxylic acids is 1. The summed E-state index contributed by atoms with van der Waals surface area (Å²) in [5.41, 5.74) is 2.40. The summed E-state index contributed by atoms with van der Waals surface area (Å²) in [5, 5.41) is 7.38. The second-order valence-corrected chi connectivity index (χ2v) is 6.14. The lowest BCUT2D eigenvalue weighted by atomic mass is 10.2. The molecule has 0 atom stereocenters. The van der Waals surface area contributed by atoms with Gasteiger partial charge in [0.2, 0.25) is 5.95 Å². The van der Waals surface area contributed by atoms with Gasteiger partial charge in [0.05, 0.1) is 27.5 Å². The predicted octanol–water partition coefficient (Wildman–Crippen LogP) is 4.67. The highest BCUT2D eigenvalue weighted by atomic mass is 35.5. The van der Waals surface area contributed by atoms with Gasteiger partial charge in [-0.05, 0) is 24.3 Å². The number of carbonyl (C=O) groups is 1. The molecule has 4 aromatic rings. The molecule has 0 saturated carbocycles. The maximum absolute atomic E-state index is 12.5. The van der Waals surface area contributed by atoms with Crippen molar-refractivity contribution in [2.24, 2.45) is 0 Å². The number of hydrogen-bond donors (Lipinski definition) is 2. The number of benzene rings is 2. The molecular formula is C20H14ClN5O. The van der Waals surface area contributed by atoms with E-state index in [1.165, 1.54) is 12.4 Å². The summed E-state index contributed by atoms with van der Waals surface area (Å²) >= 11 is 6.11. The SMILES string of the molecule is O=C(Nc1cccc2cccnc12)c1cnc(Nc2ccccc2Cl)nc1. The number of anilines is 3. The number of pyridine rings is 1. The molecule has 4 rings (SSSR count). The molecule has 0 aliphatic carbocycles. The van der Waals surface area contributed by atoms with E-state index in [0.29, 0.717) is 27.9 Å². The van der Waals surface area contributed by atoms with Gasteiger partial charge in [-0.25, -0.2) is 9.97 Å². The standard InChI is InChI=1S/C20H14ClN5O/c21-15-7-1-2-8-16(15)26-20-23-11-14(12-24-20)19(27)25-17-9-3-5-13-6-4-10-22-18(13)17/h1-12H,(H,25,27)(H,23,24,26). The molecule has 2 aromatic heterocycles. The summed E-state index contributed by atoms with van der Waals surface area (Å²) in [7, 11) is 0. The molecule has 6 nitrogen and oxygen atoms in total. The quantitative estimate of drug-likeness (QED) is 0.541. The zero-order chi connectivity index (χ0) is 18.6. The Morgan fingerprint density at radius 3 is 2.41 bits per heavy atom. The second-order valence-electron chi connectivity index (χ2n) is 5.74. The molecule has 7 heteroatoms. The van der Waals surface area contributed by atoms with Crippen molar-refractivity contribution in [3.8, 4) is 0 Å². The number of nitrogens with zero attached hydrogens (tertiary/aromatic N) is 3. The van der Waals surface area contributed by atoms with E-state index in [9.17, 15) is 4.79 Å². The molecule has 132 valence electrons. The Balaban J connectivity index is 1.52. The molecule has 1 amide bonds. The van der Waals surface area contributed by atoms with Crippen LogP contribution in [-0.4, -0.2) is 20.9 Å². The summed E-state index contributed by atoms with van der Waals surface area (Å²) in [5.74, 6) is 0.0453. The Bertz CT molecular complexity index is 1110. The third kappa shape index (κ3) is 3.70. The van der Waals surface area contributed by atoms with E-state index in [4.69, 9.17) is 11.6 Å². The van der Waals surface area contributed by atoms with Gasteiger partial charge >= 0.3 is 0 Å². The predicted molar refractivity (Wildman–Crippen MR) is 106 cm³/mol. The normalized spacial score (nSPS) is 10.6. The van der Waals surface area contributed by atoms with Gasteiger partial charge in [0.1, 0.15) is 0 Å². The van der Waals surface area contributed by atoms with Crippen molar-refractivity contribution >= 4 is 45.7 Å². The highest BCUT2D eigenvalue weighted by molar-refractivity contribution is 6.33. The van der Waals surface area contributed by atoms with E-state index in [-0.39, 0.29) is 5.91 Å². The Kier molecular flexibility index (Phi) is 4.63. The summed E-state index contributed by atoms with van der Waals surface area (Å²) < 4.78 is 0. The number of halogens is 1. The number of nitrogens with one attached hydrogen (secondary N) is 2. The molecule has 0 bridgehead atoms. The molecule has 0 fully saturated rings. The molecule has 2 heterocycles. The van der Waals surface area contributed by atoms with Gasteiger partial charge in [-0.2, -0.15) is 0 Å². The Morgan fingerprint density at radius 1 is 0.852 bits per heavy atom. The van der Waals surface area contributed by atoms with Gasteiger partial charge in [-0.15, -0.1) is 0 Å². The van der Waals surface area contributed by atoms with Gasteiger partial charge in [-0.1, -0.05) is 41.9 Å². The molecule has 2 N–H and O–H groups in total. The molecule has 0 aliphatic rings. The minimum Gasteiger partial charge on any atom is -0.323 e. The average Bonchev–Trinajstić information content (AvgIpc) is 2.70. The molecule has 27 heavy (non-hydrogen) atoms. The molecule has 0 unspecified atom stereocenters. The Labute approximate surface area is 160 Å². The first-order chi connectivity index (χ1) is 13.2. The van der Waals surface area contributed by atoms with Crippen LogP contribution in [0.4, 0.5) is 17.3 Å².